The van der Waals surface area contributed by atoms with E-state index >= 15 is 0 Å². The number of methoxy groups -OCH3 is 1. The predicted octanol–water partition coefficient (Wildman–Crippen LogP) is 7.53. The minimum atomic E-state index is -0.801. The summed E-state index contributed by atoms with van der Waals surface area (Å²) in [6.45, 7) is 16.6. The second kappa shape index (κ2) is 10.0. The average Bonchev–Trinajstić information content (AvgIpc) is 3.12. The number of amides is 1. The third kappa shape index (κ3) is 5.23. The van der Waals surface area contributed by atoms with Gasteiger partial charge in [-0.3, -0.25) is 14.5 Å². The second-order valence-corrected chi connectivity index (χ2v) is 12.5. The van der Waals surface area contributed by atoms with Gasteiger partial charge < -0.3 is 9.84 Å². The Kier molecular flexibility index (Phi) is 7.24. The molecule has 204 valence electrons. The van der Waals surface area contributed by atoms with Crippen molar-refractivity contribution >= 4 is 23.1 Å². The number of anilines is 1. The number of ether oxygens (including phenoxy) is 1. The van der Waals surface area contributed by atoms with Crippen molar-refractivity contribution in [2.45, 2.75) is 72.3 Å². The van der Waals surface area contributed by atoms with Crippen LogP contribution in [0, 0.1) is 13.8 Å². The molecule has 3 aromatic rings. The van der Waals surface area contributed by atoms with Crippen molar-refractivity contribution in [1.29, 1.82) is 0 Å². The van der Waals surface area contributed by atoms with Gasteiger partial charge in [-0.1, -0.05) is 84.0 Å². The van der Waals surface area contributed by atoms with E-state index in [9.17, 15) is 14.7 Å². The smallest absolute Gasteiger partial charge is 0.300 e. The number of aliphatic hydroxyl groups is 1. The number of hydrogen-bond donors (Lipinski definition) is 1. The van der Waals surface area contributed by atoms with Gasteiger partial charge in [0.25, 0.3) is 11.7 Å². The molecule has 0 aromatic heterocycles. The van der Waals surface area contributed by atoms with Crippen molar-refractivity contribution in [3.05, 3.63) is 99.6 Å². The summed E-state index contributed by atoms with van der Waals surface area (Å²) in [4.78, 5) is 28.8. The molecule has 1 saturated heterocycles. The van der Waals surface area contributed by atoms with Gasteiger partial charge >= 0.3 is 0 Å². The zero-order valence-electron chi connectivity index (χ0n) is 24.5. The van der Waals surface area contributed by atoms with Crippen LogP contribution in [0.4, 0.5) is 5.69 Å². The Morgan fingerprint density at radius 3 is 1.82 bits per heavy atom. The molecule has 5 nitrogen and oxygen atoms in total. The highest BCUT2D eigenvalue weighted by atomic mass is 16.5. The van der Waals surface area contributed by atoms with Gasteiger partial charge in [0.05, 0.1) is 24.3 Å². The third-order valence-corrected chi connectivity index (χ3v) is 7.43. The summed E-state index contributed by atoms with van der Waals surface area (Å²) in [5, 5.41) is 11.7. The number of carbonyl (C=O) groups excluding carboxylic acids is 2. The van der Waals surface area contributed by atoms with Crippen LogP contribution in [-0.2, 0) is 20.4 Å². The minimum absolute atomic E-state index is 0.0479. The number of Topliss-reactive ketones (excluding diaryl/α,β-unsaturated/α-hetero) is 1. The zero-order valence-corrected chi connectivity index (χ0v) is 24.5. The predicted molar refractivity (Wildman–Crippen MR) is 158 cm³/mol. The number of ketones is 1. The van der Waals surface area contributed by atoms with Gasteiger partial charge in [-0.15, -0.1) is 0 Å². The Morgan fingerprint density at radius 1 is 0.821 bits per heavy atom. The molecule has 1 aliphatic rings. The topological polar surface area (TPSA) is 66.8 Å². The summed E-state index contributed by atoms with van der Waals surface area (Å²) >= 11 is 0. The molecule has 1 unspecified atom stereocenters. The summed E-state index contributed by atoms with van der Waals surface area (Å²) in [6, 6.07) is 18.6. The highest BCUT2D eigenvalue weighted by Gasteiger charge is 2.47. The molecule has 3 aromatic carbocycles. The zero-order chi connectivity index (χ0) is 28.9. The molecule has 0 radical (unpaired) electrons. The lowest BCUT2D eigenvalue weighted by molar-refractivity contribution is -0.132. The maximum absolute atomic E-state index is 13.7. The summed E-state index contributed by atoms with van der Waals surface area (Å²) in [5.41, 5.74) is 5.66. The molecule has 0 aliphatic carbocycles. The third-order valence-electron chi connectivity index (χ3n) is 7.43. The molecule has 1 atom stereocenters. The summed E-state index contributed by atoms with van der Waals surface area (Å²) in [6.07, 6.45) is 0. The van der Waals surface area contributed by atoms with Gasteiger partial charge in [0.15, 0.2) is 0 Å². The molecule has 39 heavy (non-hydrogen) atoms. The second-order valence-electron chi connectivity index (χ2n) is 12.5. The molecule has 0 bridgehead atoms. The van der Waals surface area contributed by atoms with E-state index in [4.69, 9.17) is 4.74 Å². The van der Waals surface area contributed by atoms with Crippen LogP contribution >= 0.6 is 0 Å². The Labute approximate surface area is 232 Å². The highest BCUT2D eigenvalue weighted by molar-refractivity contribution is 6.51. The molecular weight excluding hydrogens is 486 g/mol. The fourth-order valence-electron chi connectivity index (χ4n) is 5.25. The van der Waals surface area contributed by atoms with Crippen LogP contribution < -0.4 is 9.64 Å². The molecular formula is C34H39NO4. The number of rotatable bonds is 4. The minimum Gasteiger partial charge on any atom is -0.507 e. The standard InChI is InChI=1S/C34H39NO4/c1-20-18-21(2)31(39-9)26(19-20)29(36)27-28(22-10-12-23(13-11-22)33(3,4)5)35(32(38)30(27)37)25-16-14-24(15-17-25)34(6,7)8/h10-19,28,36H,1-9H3/b29-27+. The van der Waals surface area contributed by atoms with Crippen molar-refractivity contribution in [1.82, 2.24) is 0 Å². The maximum Gasteiger partial charge on any atom is 0.300 e. The van der Waals surface area contributed by atoms with Gasteiger partial charge in [-0.2, -0.15) is 0 Å². The van der Waals surface area contributed by atoms with E-state index < -0.39 is 17.7 Å². The molecule has 0 spiro atoms. The van der Waals surface area contributed by atoms with Crippen molar-refractivity contribution in [3.63, 3.8) is 0 Å². The Balaban J connectivity index is 1.97. The first-order chi connectivity index (χ1) is 18.1. The molecule has 4 rings (SSSR count). The number of nitrogens with zero attached hydrogens (tertiary/aromatic N) is 1. The SMILES string of the molecule is COc1c(C)cc(C)cc1/C(O)=C1\C(=O)C(=O)N(c2ccc(C(C)(C)C)cc2)C1c1ccc(C(C)(C)C)cc1. The van der Waals surface area contributed by atoms with E-state index in [2.05, 4.69) is 41.5 Å². The number of carbonyl (C=O) groups is 2. The normalized spacial score (nSPS) is 17.6. The lowest BCUT2D eigenvalue weighted by atomic mass is 9.85. The molecule has 1 heterocycles. The largest absolute Gasteiger partial charge is 0.507 e. The average molecular weight is 526 g/mol. The van der Waals surface area contributed by atoms with Crippen LogP contribution in [0.25, 0.3) is 5.76 Å². The molecule has 1 fully saturated rings. The van der Waals surface area contributed by atoms with Gasteiger partial charge in [0, 0.05) is 5.69 Å². The highest BCUT2D eigenvalue weighted by Crippen LogP contribution is 2.44. The van der Waals surface area contributed by atoms with Crippen molar-refractivity contribution in [2.24, 2.45) is 0 Å². The first kappa shape index (κ1) is 28.2. The van der Waals surface area contributed by atoms with Crippen LogP contribution in [0.3, 0.4) is 0 Å². The summed E-state index contributed by atoms with van der Waals surface area (Å²) in [5.74, 6) is -1.16. The lowest BCUT2D eigenvalue weighted by Gasteiger charge is -2.27. The van der Waals surface area contributed by atoms with Crippen molar-refractivity contribution in [3.8, 4) is 5.75 Å². The first-order valence-corrected chi connectivity index (χ1v) is 13.3. The summed E-state index contributed by atoms with van der Waals surface area (Å²) in [7, 11) is 1.53. The van der Waals surface area contributed by atoms with Gasteiger partial charge in [0.1, 0.15) is 11.5 Å². The molecule has 1 amide bonds. The molecule has 5 heteroatoms. The van der Waals surface area contributed by atoms with E-state index in [1.165, 1.54) is 12.0 Å². The molecule has 1 N–H and O–H groups in total. The quantitative estimate of drug-likeness (QED) is 0.217. The number of hydrogen-bond acceptors (Lipinski definition) is 4. The Hall–Kier alpha value is -3.86. The van der Waals surface area contributed by atoms with E-state index in [0.717, 1.165) is 27.8 Å². The number of benzene rings is 3. The van der Waals surface area contributed by atoms with Gasteiger partial charge in [0.2, 0.25) is 0 Å². The lowest BCUT2D eigenvalue weighted by Crippen LogP contribution is -2.29. The maximum atomic E-state index is 13.7. The fourth-order valence-corrected chi connectivity index (χ4v) is 5.25. The van der Waals surface area contributed by atoms with E-state index in [1.807, 2.05) is 68.4 Å². The van der Waals surface area contributed by atoms with Crippen LogP contribution in [0.15, 0.2) is 66.2 Å². The van der Waals surface area contributed by atoms with Crippen LogP contribution in [0.2, 0.25) is 0 Å². The Bertz CT molecular complexity index is 1450. The number of aryl methyl sites for hydroxylation is 2. The molecule has 1 aliphatic heterocycles. The van der Waals surface area contributed by atoms with Crippen molar-refractivity contribution in [2.75, 3.05) is 12.0 Å². The first-order valence-electron chi connectivity index (χ1n) is 13.3. The fraction of sp³-hybridized carbons (Fsp3) is 0.353. The van der Waals surface area contributed by atoms with Crippen LogP contribution in [0.1, 0.15) is 81.0 Å². The van der Waals surface area contributed by atoms with Gasteiger partial charge in [-0.25, -0.2) is 0 Å². The summed E-state index contributed by atoms with van der Waals surface area (Å²) < 4.78 is 5.62. The monoisotopic (exact) mass is 525 g/mol. The van der Waals surface area contributed by atoms with Gasteiger partial charge in [-0.05, 0) is 70.7 Å². The van der Waals surface area contributed by atoms with Crippen LogP contribution in [0.5, 0.6) is 5.75 Å². The number of aliphatic hydroxyl groups excluding tert-OH is 1. The van der Waals surface area contributed by atoms with E-state index in [1.54, 1.807) is 6.07 Å². The molecule has 0 saturated carbocycles. The van der Waals surface area contributed by atoms with Crippen molar-refractivity contribution < 1.29 is 19.4 Å². The van der Waals surface area contributed by atoms with Crippen LogP contribution in [-0.4, -0.2) is 23.9 Å². The van der Waals surface area contributed by atoms with E-state index in [-0.39, 0.29) is 22.2 Å². The van der Waals surface area contributed by atoms with E-state index in [0.29, 0.717) is 17.0 Å². The Morgan fingerprint density at radius 2 is 1.33 bits per heavy atom.